The van der Waals surface area contributed by atoms with Crippen molar-refractivity contribution in [3.05, 3.63) is 71.8 Å². The Morgan fingerprint density at radius 3 is 1.38 bits per heavy atom. The fourth-order valence-electron chi connectivity index (χ4n) is 2.07. The number of carbonyl (C=O) groups is 2. The maximum atomic E-state index is 11.9. The highest BCUT2D eigenvalue weighted by Gasteiger charge is 2.04. The van der Waals surface area contributed by atoms with Crippen LogP contribution in [0.3, 0.4) is 0 Å². The zero-order valence-corrected chi connectivity index (χ0v) is 14.9. The van der Waals surface area contributed by atoms with E-state index in [1.807, 2.05) is 26.0 Å². The van der Waals surface area contributed by atoms with Gasteiger partial charge in [-0.15, -0.1) is 0 Å². The largest absolute Gasteiger partial charge is 0.271 e. The molecule has 2 amide bonds. The first-order chi connectivity index (χ1) is 12.6. The van der Waals surface area contributed by atoms with Crippen molar-refractivity contribution in [1.29, 1.82) is 0 Å². The molecule has 26 heavy (non-hydrogen) atoms. The topological polar surface area (TPSA) is 82.9 Å². The summed E-state index contributed by atoms with van der Waals surface area (Å²) in [6.45, 7) is 3.67. The Hall–Kier alpha value is -3.28. The van der Waals surface area contributed by atoms with E-state index >= 15 is 0 Å². The van der Waals surface area contributed by atoms with Crippen LogP contribution in [0.15, 0.2) is 70.9 Å². The van der Waals surface area contributed by atoms with E-state index in [1.54, 1.807) is 48.5 Å². The fourth-order valence-corrected chi connectivity index (χ4v) is 2.07. The molecule has 0 saturated carbocycles. The summed E-state index contributed by atoms with van der Waals surface area (Å²) in [5, 5.41) is 8.18. The summed E-state index contributed by atoms with van der Waals surface area (Å²) in [6.07, 6.45) is 1.26. The summed E-state index contributed by atoms with van der Waals surface area (Å²) in [6, 6.07) is 17.8. The maximum absolute atomic E-state index is 11.9. The number of rotatable bonds is 7. The van der Waals surface area contributed by atoms with E-state index in [0.717, 1.165) is 11.4 Å². The van der Waals surface area contributed by atoms with Crippen LogP contribution in [0.2, 0.25) is 0 Å². The molecular weight excluding hydrogens is 328 g/mol. The van der Waals surface area contributed by atoms with Gasteiger partial charge in [0, 0.05) is 22.6 Å². The van der Waals surface area contributed by atoms with Gasteiger partial charge >= 0.3 is 0 Å². The van der Waals surface area contributed by atoms with Gasteiger partial charge in [-0.2, -0.15) is 10.2 Å². The third kappa shape index (κ3) is 6.32. The van der Waals surface area contributed by atoms with Crippen LogP contribution in [0.5, 0.6) is 0 Å². The van der Waals surface area contributed by atoms with Crippen LogP contribution in [-0.4, -0.2) is 23.2 Å². The summed E-state index contributed by atoms with van der Waals surface area (Å²) in [4.78, 5) is 23.8. The molecule has 6 heteroatoms. The first-order valence-electron chi connectivity index (χ1n) is 8.33. The maximum Gasteiger partial charge on any atom is 0.271 e. The van der Waals surface area contributed by atoms with Gasteiger partial charge in [-0.25, -0.2) is 10.9 Å². The lowest BCUT2D eigenvalue weighted by molar-refractivity contribution is 0.0946. The lowest BCUT2D eigenvalue weighted by Crippen LogP contribution is -2.20. The highest BCUT2D eigenvalue weighted by molar-refractivity contribution is 5.96. The predicted octanol–water partition coefficient (Wildman–Crippen LogP) is 3.38. The lowest BCUT2D eigenvalue weighted by atomic mass is 10.2. The summed E-state index contributed by atoms with van der Waals surface area (Å²) >= 11 is 0. The van der Waals surface area contributed by atoms with E-state index in [4.69, 9.17) is 0 Å². The average Bonchev–Trinajstić information content (AvgIpc) is 2.69. The monoisotopic (exact) mass is 350 g/mol. The van der Waals surface area contributed by atoms with E-state index in [9.17, 15) is 9.59 Å². The van der Waals surface area contributed by atoms with Gasteiger partial charge < -0.3 is 0 Å². The van der Waals surface area contributed by atoms with Crippen LogP contribution in [0.4, 0.5) is 0 Å². The van der Waals surface area contributed by atoms with Gasteiger partial charge in [0.15, 0.2) is 0 Å². The minimum atomic E-state index is -0.245. The molecule has 2 aromatic carbocycles. The van der Waals surface area contributed by atoms with Crippen molar-refractivity contribution in [1.82, 2.24) is 10.9 Å². The Kier molecular flexibility index (Phi) is 7.24. The number of benzene rings is 2. The van der Waals surface area contributed by atoms with Crippen LogP contribution in [0.25, 0.3) is 0 Å². The summed E-state index contributed by atoms with van der Waals surface area (Å²) < 4.78 is 0. The van der Waals surface area contributed by atoms with E-state index in [-0.39, 0.29) is 11.8 Å². The molecule has 2 aromatic rings. The Balaban J connectivity index is 1.78. The van der Waals surface area contributed by atoms with Crippen molar-refractivity contribution < 1.29 is 9.59 Å². The zero-order chi connectivity index (χ0) is 18.8. The number of hydrazone groups is 2. The zero-order valence-electron chi connectivity index (χ0n) is 14.9. The summed E-state index contributed by atoms with van der Waals surface area (Å²) in [5.74, 6) is -0.490. The molecule has 6 nitrogen and oxygen atoms in total. The molecule has 0 fully saturated rings. The van der Waals surface area contributed by atoms with Gasteiger partial charge in [-0.05, 0) is 51.0 Å². The highest BCUT2D eigenvalue weighted by Crippen LogP contribution is 2.00. The Morgan fingerprint density at radius 2 is 1.04 bits per heavy atom. The number of nitrogens with one attached hydrogen (secondary N) is 2. The second-order valence-corrected chi connectivity index (χ2v) is 5.81. The molecule has 0 aromatic heterocycles. The molecule has 0 atom stereocenters. The SMILES string of the molecule is CC(CCC(C)=NNC(=O)c1ccccc1)=NNC(=O)c1ccccc1. The Labute approximate surface area is 153 Å². The molecule has 2 N–H and O–H groups in total. The van der Waals surface area contributed by atoms with E-state index < -0.39 is 0 Å². The molecule has 0 radical (unpaired) electrons. The lowest BCUT2D eigenvalue weighted by Gasteiger charge is -2.04. The van der Waals surface area contributed by atoms with Crippen molar-refractivity contribution in [3.8, 4) is 0 Å². The van der Waals surface area contributed by atoms with E-state index in [0.29, 0.717) is 24.0 Å². The second-order valence-electron chi connectivity index (χ2n) is 5.81. The van der Waals surface area contributed by atoms with Gasteiger partial charge in [0.05, 0.1) is 0 Å². The molecule has 0 saturated heterocycles. The molecular formula is C20H22N4O2. The fraction of sp³-hybridized carbons (Fsp3) is 0.200. The van der Waals surface area contributed by atoms with E-state index in [2.05, 4.69) is 21.1 Å². The van der Waals surface area contributed by atoms with Crippen molar-refractivity contribution in [2.24, 2.45) is 10.2 Å². The van der Waals surface area contributed by atoms with Gasteiger partial charge in [-0.1, -0.05) is 36.4 Å². The number of carbonyl (C=O) groups excluding carboxylic acids is 2. The third-order valence-electron chi connectivity index (χ3n) is 3.62. The number of hydrogen-bond donors (Lipinski definition) is 2. The highest BCUT2D eigenvalue weighted by atomic mass is 16.2. The average molecular weight is 350 g/mol. The van der Waals surface area contributed by atoms with Crippen LogP contribution in [0, 0.1) is 0 Å². The van der Waals surface area contributed by atoms with Crippen LogP contribution in [0.1, 0.15) is 47.4 Å². The van der Waals surface area contributed by atoms with Crippen LogP contribution in [-0.2, 0) is 0 Å². The molecule has 0 bridgehead atoms. The first kappa shape index (κ1) is 19.1. The van der Waals surface area contributed by atoms with Crippen molar-refractivity contribution >= 4 is 23.2 Å². The van der Waals surface area contributed by atoms with Crippen LogP contribution < -0.4 is 10.9 Å². The normalized spacial score (nSPS) is 11.8. The molecule has 0 unspecified atom stereocenters. The number of hydrogen-bond acceptors (Lipinski definition) is 4. The number of amides is 2. The minimum absolute atomic E-state index is 0.245. The molecule has 0 spiro atoms. The minimum Gasteiger partial charge on any atom is -0.267 e. The van der Waals surface area contributed by atoms with Crippen molar-refractivity contribution in [2.45, 2.75) is 26.7 Å². The summed E-state index contributed by atoms with van der Waals surface area (Å²) in [7, 11) is 0. The van der Waals surface area contributed by atoms with Crippen molar-refractivity contribution in [3.63, 3.8) is 0 Å². The summed E-state index contributed by atoms with van der Waals surface area (Å²) in [5.41, 5.74) is 7.74. The van der Waals surface area contributed by atoms with Gasteiger partial charge in [0.25, 0.3) is 11.8 Å². The Bertz CT molecular complexity index is 730. The second kappa shape index (κ2) is 9.88. The molecule has 0 aliphatic heterocycles. The molecule has 0 heterocycles. The standard InChI is InChI=1S/C20H22N4O2/c1-15(21-23-19(25)17-9-5-3-6-10-17)13-14-16(2)22-24-20(26)18-11-7-4-8-12-18/h3-12H,13-14H2,1-2H3,(H,23,25)(H,24,26). The molecule has 0 aliphatic rings. The third-order valence-corrected chi connectivity index (χ3v) is 3.62. The van der Waals surface area contributed by atoms with Crippen LogP contribution >= 0.6 is 0 Å². The first-order valence-corrected chi connectivity index (χ1v) is 8.33. The Morgan fingerprint density at radius 1 is 0.692 bits per heavy atom. The smallest absolute Gasteiger partial charge is 0.267 e. The molecule has 134 valence electrons. The van der Waals surface area contributed by atoms with Gasteiger partial charge in [0.2, 0.25) is 0 Å². The molecule has 0 aliphatic carbocycles. The van der Waals surface area contributed by atoms with Gasteiger partial charge in [0.1, 0.15) is 0 Å². The number of nitrogens with zero attached hydrogens (tertiary/aromatic N) is 2. The van der Waals surface area contributed by atoms with Crippen molar-refractivity contribution in [2.75, 3.05) is 0 Å². The predicted molar refractivity (Wildman–Crippen MR) is 103 cm³/mol. The quantitative estimate of drug-likeness (QED) is 0.593. The molecule has 2 rings (SSSR count). The van der Waals surface area contributed by atoms with E-state index in [1.165, 1.54) is 0 Å². The van der Waals surface area contributed by atoms with Gasteiger partial charge in [-0.3, -0.25) is 9.59 Å².